The highest BCUT2D eigenvalue weighted by Gasteiger charge is 2.20. The topological polar surface area (TPSA) is 47.6 Å². The Bertz CT molecular complexity index is 2740. The van der Waals surface area contributed by atoms with E-state index < -0.39 is 0 Å². The van der Waals surface area contributed by atoms with Gasteiger partial charge in [-0.25, -0.2) is 0 Å². The number of hydrogen-bond acceptors (Lipinski definition) is 2. The van der Waals surface area contributed by atoms with Crippen LogP contribution in [0.5, 0.6) is 0 Å². The van der Waals surface area contributed by atoms with E-state index in [1.807, 2.05) is 36.4 Å². The first-order chi connectivity index (χ1) is 22.7. The lowest BCUT2D eigenvalue weighted by Gasteiger charge is -2.20. The average molecular weight is 581 g/mol. The van der Waals surface area contributed by atoms with Crippen LogP contribution >= 0.6 is 0 Å². The van der Waals surface area contributed by atoms with Crippen molar-refractivity contribution in [3.63, 3.8) is 0 Å². The maximum Gasteiger partial charge on any atom is 0.0991 e. The smallest absolute Gasteiger partial charge is 0.0991 e. The standard InChI is InChI=1S/C44H24N2/c45-25-27-9-13-29(14-10-27)34-19-17-31-18-20-38-40(30-15-11-28(26-46)12-16-30)24-42(39-22-21-37(34)43(31)44(38)39)41-23-32-5-1-2-6-33(32)35-7-3-4-8-36(35)41/h1-24H. The van der Waals surface area contributed by atoms with Crippen LogP contribution in [0.2, 0.25) is 0 Å². The van der Waals surface area contributed by atoms with E-state index in [-0.39, 0.29) is 0 Å². The highest BCUT2D eigenvalue weighted by molar-refractivity contribution is 6.31. The van der Waals surface area contributed by atoms with Crippen LogP contribution in [0.3, 0.4) is 0 Å². The average Bonchev–Trinajstić information content (AvgIpc) is 3.13. The van der Waals surface area contributed by atoms with Gasteiger partial charge >= 0.3 is 0 Å². The molecule has 0 fully saturated rings. The highest BCUT2D eigenvalue weighted by Crippen LogP contribution is 2.47. The Morgan fingerprint density at radius 2 is 0.848 bits per heavy atom. The Hall–Kier alpha value is -6.48. The van der Waals surface area contributed by atoms with Gasteiger partial charge in [-0.05, 0) is 124 Å². The van der Waals surface area contributed by atoms with Gasteiger partial charge in [0.2, 0.25) is 0 Å². The molecule has 0 unspecified atom stereocenters. The van der Waals surface area contributed by atoms with Crippen molar-refractivity contribution in [1.82, 2.24) is 0 Å². The van der Waals surface area contributed by atoms with Gasteiger partial charge in [0.1, 0.15) is 0 Å². The van der Waals surface area contributed by atoms with Gasteiger partial charge < -0.3 is 0 Å². The summed E-state index contributed by atoms with van der Waals surface area (Å²) in [5, 5.41) is 31.1. The number of nitrogens with zero attached hydrogens (tertiary/aromatic N) is 2. The summed E-state index contributed by atoms with van der Waals surface area (Å²) in [5.74, 6) is 0. The first-order valence-electron chi connectivity index (χ1n) is 15.4. The van der Waals surface area contributed by atoms with E-state index >= 15 is 0 Å². The molecule has 9 aromatic carbocycles. The van der Waals surface area contributed by atoms with Crippen LogP contribution in [0.25, 0.3) is 87.2 Å². The van der Waals surface area contributed by atoms with Crippen LogP contribution in [0.4, 0.5) is 0 Å². The number of rotatable bonds is 3. The van der Waals surface area contributed by atoms with Crippen LogP contribution in [-0.4, -0.2) is 0 Å². The maximum absolute atomic E-state index is 9.52. The third-order valence-electron chi connectivity index (χ3n) is 9.49. The van der Waals surface area contributed by atoms with Gasteiger partial charge in [0, 0.05) is 0 Å². The second-order valence-corrected chi connectivity index (χ2v) is 11.9. The van der Waals surface area contributed by atoms with Gasteiger partial charge in [-0.3, -0.25) is 0 Å². The number of nitriles is 2. The molecule has 0 heterocycles. The van der Waals surface area contributed by atoms with Gasteiger partial charge in [0.25, 0.3) is 0 Å². The fourth-order valence-electron chi connectivity index (χ4n) is 7.34. The zero-order valence-corrected chi connectivity index (χ0v) is 24.8. The second kappa shape index (κ2) is 10.0. The van der Waals surface area contributed by atoms with Gasteiger partial charge in [0.15, 0.2) is 0 Å². The first kappa shape index (κ1) is 26.0. The zero-order valence-electron chi connectivity index (χ0n) is 24.8. The molecule has 0 atom stereocenters. The molecule has 210 valence electrons. The molecule has 9 rings (SSSR count). The van der Waals surface area contributed by atoms with Crippen molar-refractivity contribution in [3.05, 3.63) is 157 Å². The van der Waals surface area contributed by atoms with E-state index in [0.29, 0.717) is 11.1 Å². The predicted molar refractivity (Wildman–Crippen MR) is 191 cm³/mol. The molecule has 0 saturated heterocycles. The summed E-state index contributed by atoms with van der Waals surface area (Å²) in [6.07, 6.45) is 0. The Kier molecular flexibility index (Phi) is 5.66. The molecule has 0 aromatic heterocycles. The molecule has 0 aliphatic heterocycles. The lowest BCUT2D eigenvalue weighted by molar-refractivity contribution is 1.48. The summed E-state index contributed by atoms with van der Waals surface area (Å²) >= 11 is 0. The van der Waals surface area contributed by atoms with Gasteiger partial charge in [-0.15, -0.1) is 0 Å². The Balaban J connectivity index is 1.44. The maximum atomic E-state index is 9.52. The van der Waals surface area contributed by atoms with Gasteiger partial charge in [0.05, 0.1) is 23.3 Å². The van der Waals surface area contributed by atoms with Crippen LogP contribution in [0, 0.1) is 22.7 Å². The van der Waals surface area contributed by atoms with Crippen LogP contribution in [0.1, 0.15) is 11.1 Å². The first-order valence-corrected chi connectivity index (χ1v) is 15.4. The number of benzene rings is 9. The number of hydrogen-bond donors (Lipinski definition) is 0. The summed E-state index contributed by atoms with van der Waals surface area (Å²) in [7, 11) is 0. The minimum atomic E-state index is 0.647. The third-order valence-corrected chi connectivity index (χ3v) is 9.49. The molecule has 0 radical (unpaired) electrons. The molecule has 0 spiro atoms. The minimum Gasteiger partial charge on any atom is -0.192 e. The zero-order chi connectivity index (χ0) is 30.8. The molecule has 0 saturated carbocycles. The van der Waals surface area contributed by atoms with E-state index in [9.17, 15) is 10.5 Å². The highest BCUT2D eigenvalue weighted by atomic mass is 14.3. The molecule has 0 aliphatic carbocycles. The third kappa shape index (κ3) is 3.82. The van der Waals surface area contributed by atoms with E-state index in [1.54, 1.807) is 0 Å². The molecule has 46 heavy (non-hydrogen) atoms. The molecule has 9 aromatic rings. The van der Waals surface area contributed by atoms with E-state index in [2.05, 4.69) is 121 Å². The summed E-state index contributed by atoms with van der Waals surface area (Å²) in [4.78, 5) is 0. The molecule has 2 nitrogen and oxygen atoms in total. The van der Waals surface area contributed by atoms with E-state index in [4.69, 9.17) is 0 Å². The quantitative estimate of drug-likeness (QED) is 0.195. The predicted octanol–water partition coefficient (Wildman–Crippen LogP) is 11.6. The number of fused-ring (bicyclic) bond motifs is 3. The minimum absolute atomic E-state index is 0.647. The largest absolute Gasteiger partial charge is 0.192 e. The van der Waals surface area contributed by atoms with Crippen molar-refractivity contribution in [2.75, 3.05) is 0 Å². The molecule has 0 bridgehead atoms. The van der Waals surface area contributed by atoms with Gasteiger partial charge in [-0.1, -0.05) is 109 Å². The molecular weight excluding hydrogens is 556 g/mol. The second-order valence-electron chi connectivity index (χ2n) is 11.9. The molecular formula is C44H24N2. The van der Waals surface area contributed by atoms with Crippen LogP contribution < -0.4 is 0 Å². The lowest BCUT2D eigenvalue weighted by atomic mass is 9.82. The molecule has 0 N–H and O–H groups in total. The van der Waals surface area contributed by atoms with Crippen molar-refractivity contribution < 1.29 is 0 Å². The molecule has 2 heteroatoms. The van der Waals surface area contributed by atoms with Crippen molar-refractivity contribution >= 4 is 53.9 Å². The monoisotopic (exact) mass is 580 g/mol. The van der Waals surface area contributed by atoms with Crippen LogP contribution in [0.15, 0.2) is 146 Å². The van der Waals surface area contributed by atoms with Crippen molar-refractivity contribution in [1.29, 1.82) is 10.5 Å². The normalized spacial score (nSPS) is 11.4. The van der Waals surface area contributed by atoms with Crippen molar-refractivity contribution in [2.24, 2.45) is 0 Å². The summed E-state index contributed by atoms with van der Waals surface area (Å²) in [6.45, 7) is 0. The summed E-state index contributed by atoms with van der Waals surface area (Å²) < 4.78 is 0. The molecule has 0 aliphatic rings. The Morgan fingerprint density at radius 1 is 0.326 bits per heavy atom. The van der Waals surface area contributed by atoms with Crippen molar-refractivity contribution in [2.45, 2.75) is 0 Å². The van der Waals surface area contributed by atoms with Crippen molar-refractivity contribution in [3.8, 4) is 45.5 Å². The summed E-state index contributed by atoms with van der Waals surface area (Å²) in [5.41, 5.74) is 8.15. The van der Waals surface area contributed by atoms with E-state index in [1.165, 1.54) is 65.0 Å². The Morgan fingerprint density at radius 3 is 1.54 bits per heavy atom. The van der Waals surface area contributed by atoms with Crippen LogP contribution in [-0.2, 0) is 0 Å². The Labute approximate surface area is 266 Å². The molecule has 0 amide bonds. The summed E-state index contributed by atoms with van der Waals surface area (Å²) in [6, 6.07) is 55.8. The SMILES string of the molecule is N#Cc1ccc(-c2ccc3ccc4c(-c5ccc(C#N)cc5)cc(-c5cc6ccccc6c6ccccc56)c5ccc2c3c45)cc1. The lowest BCUT2D eigenvalue weighted by Crippen LogP contribution is -1.93. The fourth-order valence-corrected chi connectivity index (χ4v) is 7.34. The fraction of sp³-hybridized carbons (Fsp3) is 0. The van der Waals surface area contributed by atoms with E-state index in [0.717, 1.165) is 22.3 Å². The van der Waals surface area contributed by atoms with Gasteiger partial charge in [-0.2, -0.15) is 10.5 Å².